The number of rotatable bonds is 3. The highest BCUT2D eigenvalue weighted by molar-refractivity contribution is 6.32. The van der Waals surface area contributed by atoms with Crippen molar-refractivity contribution >= 4 is 28.9 Å². The molecule has 0 aromatic heterocycles. The lowest BCUT2D eigenvalue weighted by atomic mass is 9.76. The molecular weight excluding hydrogens is 293 g/mol. The van der Waals surface area contributed by atoms with E-state index in [1.54, 1.807) is 12.1 Å². The minimum absolute atomic E-state index is 0.114. The summed E-state index contributed by atoms with van der Waals surface area (Å²) in [5.41, 5.74) is 2.25. The third-order valence-electron chi connectivity index (χ3n) is 3.78. The summed E-state index contributed by atoms with van der Waals surface area (Å²) in [6.07, 6.45) is 2.16. The second kappa shape index (κ2) is 5.55. The number of hydrogen-bond donors (Lipinski definition) is 2. The Balaban J connectivity index is 1.59. The van der Waals surface area contributed by atoms with Gasteiger partial charge in [0.15, 0.2) is 0 Å². The fourth-order valence-electron chi connectivity index (χ4n) is 2.60. The number of benzene rings is 2. The smallest absolute Gasteiger partial charge is 0.134 e. The lowest BCUT2D eigenvalue weighted by Crippen LogP contribution is -2.33. The van der Waals surface area contributed by atoms with Crippen LogP contribution in [0.1, 0.15) is 24.3 Å². The minimum atomic E-state index is 0.114. The Morgan fingerprint density at radius 3 is 2.55 bits per heavy atom. The Bertz CT molecular complexity index is 624. The van der Waals surface area contributed by atoms with E-state index in [4.69, 9.17) is 23.2 Å². The summed E-state index contributed by atoms with van der Waals surface area (Å²) in [5.74, 6) is 0.682. The summed E-state index contributed by atoms with van der Waals surface area (Å²) in [4.78, 5) is 0. The summed E-state index contributed by atoms with van der Waals surface area (Å²) < 4.78 is 0. The standard InChI is InChI=1S/C16H15Cl2NO/c17-12-3-1-2-10(6-12)11-7-14(8-11)19-13-4-5-16(20)15(18)9-13/h1-6,9,11,14,19-20H,7-8H2. The molecule has 0 amide bonds. The second-order valence-electron chi connectivity index (χ2n) is 5.23. The van der Waals surface area contributed by atoms with Crippen LogP contribution in [0.2, 0.25) is 10.0 Å². The molecule has 2 aromatic carbocycles. The van der Waals surface area contributed by atoms with Crippen LogP contribution >= 0.6 is 23.2 Å². The van der Waals surface area contributed by atoms with E-state index in [0.717, 1.165) is 23.6 Å². The maximum Gasteiger partial charge on any atom is 0.134 e. The average Bonchev–Trinajstić information content (AvgIpc) is 2.37. The van der Waals surface area contributed by atoms with Crippen LogP contribution in [0.3, 0.4) is 0 Å². The van der Waals surface area contributed by atoms with Crippen LogP contribution in [0.4, 0.5) is 5.69 Å². The predicted molar refractivity (Wildman–Crippen MR) is 84.0 cm³/mol. The van der Waals surface area contributed by atoms with Crippen LogP contribution in [-0.2, 0) is 0 Å². The number of nitrogens with one attached hydrogen (secondary N) is 1. The molecule has 1 fully saturated rings. The van der Waals surface area contributed by atoms with Gasteiger partial charge in [0.05, 0.1) is 5.02 Å². The summed E-state index contributed by atoms with van der Waals surface area (Å²) in [6.45, 7) is 0. The molecule has 3 rings (SSSR count). The fraction of sp³-hybridized carbons (Fsp3) is 0.250. The molecule has 0 aliphatic heterocycles. The van der Waals surface area contributed by atoms with E-state index in [-0.39, 0.29) is 5.75 Å². The Kier molecular flexibility index (Phi) is 3.77. The monoisotopic (exact) mass is 307 g/mol. The van der Waals surface area contributed by atoms with Crippen molar-refractivity contribution < 1.29 is 5.11 Å². The van der Waals surface area contributed by atoms with Crippen LogP contribution in [0, 0.1) is 0 Å². The van der Waals surface area contributed by atoms with Gasteiger partial charge in [0, 0.05) is 16.8 Å². The third kappa shape index (κ3) is 2.87. The zero-order valence-corrected chi connectivity index (χ0v) is 12.3. The predicted octanol–water partition coefficient (Wildman–Crippen LogP) is 5.06. The molecule has 1 saturated carbocycles. The molecule has 2 nitrogen and oxygen atoms in total. The van der Waals surface area contributed by atoms with Gasteiger partial charge in [-0.2, -0.15) is 0 Å². The van der Waals surface area contributed by atoms with E-state index < -0.39 is 0 Å². The van der Waals surface area contributed by atoms with Gasteiger partial charge in [0.25, 0.3) is 0 Å². The van der Waals surface area contributed by atoms with Gasteiger partial charge in [-0.05, 0) is 54.7 Å². The molecule has 2 N–H and O–H groups in total. The number of anilines is 1. The molecule has 0 atom stereocenters. The number of aromatic hydroxyl groups is 1. The van der Waals surface area contributed by atoms with Gasteiger partial charge in [-0.25, -0.2) is 0 Å². The first-order valence-electron chi connectivity index (χ1n) is 6.62. The summed E-state index contributed by atoms with van der Waals surface area (Å²) in [7, 11) is 0. The Labute approximate surface area is 128 Å². The van der Waals surface area contributed by atoms with Crippen molar-refractivity contribution in [2.75, 3.05) is 5.32 Å². The zero-order valence-electron chi connectivity index (χ0n) is 10.8. The van der Waals surface area contributed by atoms with Crippen molar-refractivity contribution in [1.29, 1.82) is 0 Å². The van der Waals surface area contributed by atoms with E-state index in [1.165, 1.54) is 5.56 Å². The quantitative estimate of drug-likeness (QED) is 0.777. The molecule has 0 heterocycles. The number of phenolic OH excluding ortho intramolecular Hbond substituents is 1. The van der Waals surface area contributed by atoms with Gasteiger partial charge >= 0.3 is 0 Å². The first-order chi connectivity index (χ1) is 9.61. The van der Waals surface area contributed by atoms with Crippen molar-refractivity contribution in [3.63, 3.8) is 0 Å². The Morgan fingerprint density at radius 2 is 1.85 bits per heavy atom. The molecule has 2 aromatic rings. The molecule has 20 heavy (non-hydrogen) atoms. The maximum atomic E-state index is 9.39. The topological polar surface area (TPSA) is 32.3 Å². The van der Waals surface area contributed by atoms with E-state index in [0.29, 0.717) is 17.0 Å². The second-order valence-corrected chi connectivity index (χ2v) is 6.07. The van der Waals surface area contributed by atoms with E-state index in [1.807, 2.05) is 24.3 Å². The molecular formula is C16H15Cl2NO. The highest BCUT2D eigenvalue weighted by atomic mass is 35.5. The van der Waals surface area contributed by atoms with E-state index in [2.05, 4.69) is 11.4 Å². The minimum Gasteiger partial charge on any atom is -0.506 e. The highest BCUT2D eigenvalue weighted by Crippen LogP contribution is 2.39. The van der Waals surface area contributed by atoms with E-state index in [9.17, 15) is 5.11 Å². The molecule has 0 saturated heterocycles. The fourth-order valence-corrected chi connectivity index (χ4v) is 2.98. The van der Waals surface area contributed by atoms with Crippen LogP contribution < -0.4 is 5.32 Å². The van der Waals surface area contributed by atoms with Crippen molar-refractivity contribution in [2.24, 2.45) is 0 Å². The molecule has 1 aliphatic rings. The number of hydrogen-bond acceptors (Lipinski definition) is 2. The largest absolute Gasteiger partial charge is 0.506 e. The highest BCUT2D eigenvalue weighted by Gasteiger charge is 2.30. The van der Waals surface area contributed by atoms with Gasteiger partial charge in [-0.3, -0.25) is 0 Å². The molecule has 104 valence electrons. The first kappa shape index (κ1) is 13.6. The summed E-state index contributed by atoms with van der Waals surface area (Å²) in [6, 6.07) is 13.7. The average molecular weight is 308 g/mol. The lowest BCUT2D eigenvalue weighted by Gasteiger charge is -2.37. The van der Waals surface area contributed by atoms with Gasteiger partial charge in [-0.1, -0.05) is 35.3 Å². The van der Waals surface area contributed by atoms with Crippen LogP contribution in [-0.4, -0.2) is 11.1 Å². The van der Waals surface area contributed by atoms with Gasteiger partial charge in [0.1, 0.15) is 5.75 Å². The van der Waals surface area contributed by atoms with Crippen LogP contribution in [0.15, 0.2) is 42.5 Å². The molecule has 1 aliphatic carbocycles. The lowest BCUT2D eigenvalue weighted by molar-refractivity contribution is 0.374. The van der Waals surface area contributed by atoms with Crippen LogP contribution in [0.5, 0.6) is 5.75 Å². The van der Waals surface area contributed by atoms with Crippen molar-refractivity contribution in [3.05, 3.63) is 58.1 Å². The van der Waals surface area contributed by atoms with E-state index >= 15 is 0 Å². The first-order valence-corrected chi connectivity index (χ1v) is 7.38. The Morgan fingerprint density at radius 1 is 1.05 bits per heavy atom. The molecule has 0 radical (unpaired) electrons. The van der Waals surface area contributed by atoms with Gasteiger partial charge < -0.3 is 10.4 Å². The molecule has 0 spiro atoms. The molecule has 0 unspecified atom stereocenters. The number of halogens is 2. The number of phenols is 1. The SMILES string of the molecule is Oc1ccc(NC2CC(c3cccc(Cl)c3)C2)cc1Cl. The summed E-state index contributed by atoms with van der Waals surface area (Å²) >= 11 is 11.9. The van der Waals surface area contributed by atoms with Crippen LogP contribution in [0.25, 0.3) is 0 Å². The Hall–Kier alpha value is -1.38. The van der Waals surface area contributed by atoms with Crippen molar-refractivity contribution in [3.8, 4) is 5.75 Å². The van der Waals surface area contributed by atoms with Gasteiger partial charge in [-0.15, -0.1) is 0 Å². The zero-order chi connectivity index (χ0) is 14.1. The van der Waals surface area contributed by atoms with Crippen molar-refractivity contribution in [1.82, 2.24) is 0 Å². The van der Waals surface area contributed by atoms with Crippen molar-refractivity contribution in [2.45, 2.75) is 24.8 Å². The maximum absolute atomic E-state index is 9.39. The van der Waals surface area contributed by atoms with Gasteiger partial charge in [0.2, 0.25) is 0 Å². The normalized spacial score (nSPS) is 21.3. The third-order valence-corrected chi connectivity index (χ3v) is 4.31. The molecule has 4 heteroatoms. The molecule has 0 bridgehead atoms. The summed E-state index contributed by atoms with van der Waals surface area (Å²) in [5, 5.41) is 14.0.